The number of halogens is 1. The molecule has 0 aliphatic heterocycles. The minimum Gasteiger partial charge on any atom is -0.316 e. The molecule has 0 aliphatic carbocycles. The van der Waals surface area contributed by atoms with Crippen molar-refractivity contribution in [3.05, 3.63) is 91.8 Å². The van der Waals surface area contributed by atoms with Crippen LogP contribution < -0.4 is 5.43 Å². The molecule has 1 amide bonds. The van der Waals surface area contributed by atoms with Crippen LogP contribution in [-0.4, -0.2) is 21.6 Å². The lowest BCUT2D eigenvalue weighted by Crippen LogP contribution is -2.20. The molecule has 1 N–H and O–H groups in total. The van der Waals surface area contributed by atoms with Gasteiger partial charge in [-0.25, -0.2) is 5.43 Å². The zero-order valence-electron chi connectivity index (χ0n) is 14.1. The van der Waals surface area contributed by atoms with Crippen molar-refractivity contribution in [2.24, 2.45) is 5.10 Å². The third kappa shape index (κ3) is 4.79. The lowest BCUT2D eigenvalue weighted by atomic mass is 10.1. The topological polar surface area (TPSA) is 89.5 Å². The first-order chi connectivity index (χ1) is 13.0. The highest BCUT2D eigenvalue weighted by Crippen LogP contribution is 2.18. The number of carbonyl (C=O) groups excluding carboxylic acids is 1. The van der Waals surface area contributed by atoms with Gasteiger partial charge in [-0.15, -0.1) is 0 Å². The highest BCUT2D eigenvalue weighted by molar-refractivity contribution is 14.1. The fraction of sp³-hybridized carbons (Fsp3) is 0.0526. The summed E-state index contributed by atoms with van der Waals surface area (Å²) in [5, 5.41) is 15.0. The van der Waals surface area contributed by atoms with Gasteiger partial charge in [0.15, 0.2) is 0 Å². The Kier molecular flexibility index (Phi) is 5.97. The van der Waals surface area contributed by atoms with Crippen LogP contribution in [0.1, 0.15) is 11.3 Å². The van der Waals surface area contributed by atoms with Crippen LogP contribution in [0.4, 0.5) is 5.69 Å². The first kappa shape index (κ1) is 18.8. The van der Waals surface area contributed by atoms with Crippen LogP contribution in [0.15, 0.2) is 72.0 Å². The number of hydrazone groups is 1. The Labute approximate surface area is 169 Å². The van der Waals surface area contributed by atoms with Crippen LogP contribution in [0.5, 0.6) is 0 Å². The number of nitro benzene ring substituents is 1. The molecule has 8 heteroatoms. The maximum Gasteiger partial charge on any atom is 0.273 e. The van der Waals surface area contributed by atoms with Gasteiger partial charge in [0.05, 0.1) is 23.3 Å². The molecule has 2 aromatic carbocycles. The number of nitrogens with one attached hydrogen (secondary N) is 1. The second-order valence-electron chi connectivity index (χ2n) is 5.64. The van der Waals surface area contributed by atoms with Gasteiger partial charge in [0.2, 0.25) is 5.91 Å². The standard InChI is InChI=1S/C19H15IN4O3/c20-15-7-9-16(10-8-15)23-11-3-5-17(23)13-21-22-19(25)12-14-4-1-2-6-18(14)24(26)27/h1-11,13H,12H2,(H,22,25)/b21-13+. The van der Waals surface area contributed by atoms with Gasteiger partial charge in [0.25, 0.3) is 5.69 Å². The van der Waals surface area contributed by atoms with E-state index in [4.69, 9.17) is 0 Å². The molecule has 0 fully saturated rings. The Hall–Kier alpha value is -3.01. The largest absolute Gasteiger partial charge is 0.316 e. The predicted octanol–water partition coefficient (Wildman–Crippen LogP) is 3.68. The average Bonchev–Trinajstić information content (AvgIpc) is 3.11. The van der Waals surface area contributed by atoms with Crippen molar-refractivity contribution >= 4 is 40.4 Å². The first-order valence-corrected chi connectivity index (χ1v) is 9.10. The summed E-state index contributed by atoms with van der Waals surface area (Å²) >= 11 is 2.24. The maximum atomic E-state index is 12.1. The summed E-state index contributed by atoms with van der Waals surface area (Å²) in [6.45, 7) is 0. The summed E-state index contributed by atoms with van der Waals surface area (Å²) in [5.74, 6) is -0.423. The van der Waals surface area contributed by atoms with Crippen LogP contribution in [-0.2, 0) is 11.2 Å². The molecule has 0 spiro atoms. The van der Waals surface area contributed by atoms with E-state index in [1.807, 2.05) is 47.2 Å². The van der Waals surface area contributed by atoms with Crippen molar-refractivity contribution < 1.29 is 9.72 Å². The number of rotatable bonds is 6. The number of hydrogen-bond acceptors (Lipinski definition) is 4. The molecule has 3 rings (SSSR count). The molecule has 0 saturated carbocycles. The Morgan fingerprint density at radius 2 is 1.89 bits per heavy atom. The summed E-state index contributed by atoms with van der Waals surface area (Å²) in [6, 6.07) is 17.9. The predicted molar refractivity (Wildman–Crippen MR) is 111 cm³/mol. The number of nitrogens with zero attached hydrogens (tertiary/aromatic N) is 3. The van der Waals surface area contributed by atoms with Gasteiger partial charge in [0.1, 0.15) is 0 Å². The lowest BCUT2D eigenvalue weighted by Gasteiger charge is -2.06. The van der Waals surface area contributed by atoms with Crippen LogP contribution in [0.25, 0.3) is 5.69 Å². The zero-order valence-corrected chi connectivity index (χ0v) is 16.2. The van der Waals surface area contributed by atoms with E-state index in [1.54, 1.807) is 18.2 Å². The third-order valence-corrected chi connectivity index (χ3v) is 4.53. The summed E-state index contributed by atoms with van der Waals surface area (Å²) in [6.07, 6.45) is 3.32. The van der Waals surface area contributed by atoms with E-state index in [0.717, 1.165) is 15.0 Å². The number of para-hydroxylation sites is 1. The van der Waals surface area contributed by atoms with Crippen LogP contribution in [0.2, 0.25) is 0 Å². The van der Waals surface area contributed by atoms with Gasteiger partial charge in [-0.3, -0.25) is 14.9 Å². The molecule has 0 bridgehead atoms. The SMILES string of the molecule is O=C(Cc1ccccc1[N+](=O)[O-])N/N=C/c1cccn1-c1ccc(I)cc1. The fourth-order valence-electron chi connectivity index (χ4n) is 2.56. The van der Waals surface area contributed by atoms with Crippen molar-refractivity contribution in [3.63, 3.8) is 0 Å². The zero-order chi connectivity index (χ0) is 19.2. The monoisotopic (exact) mass is 474 g/mol. The summed E-state index contributed by atoms with van der Waals surface area (Å²) in [4.78, 5) is 22.6. The molecule has 0 radical (unpaired) electrons. The van der Waals surface area contributed by atoms with Crippen molar-refractivity contribution in [2.45, 2.75) is 6.42 Å². The molecule has 0 aliphatic rings. The van der Waals surface area contributed by atoms with Crippen LogP contribution in [0, 0.1) is 13.7 Å². The van der Waals surface area contributed by atoms with Crippen molar-refractivity contribution in [2.75, 3.05) is 0 Å². The van der Waals surface area contributed by atoms with E-state index in [9.17, 15) is 14.9 Å². The van der Waals surface area contributed by atoms with Gasteiger partial charge in [0, 0.05) is 27.1 Å². The summed E-state index contributed by atoms with van der Waals surface area (Å²) < 4.78 is 3.08. The van der Waals surface area contributed by atoms with E-state index in [1.165, 1.54) is 12.3 Å². The minimum absolute atomic E-state index is 0.0794. The quantitative estimate of drug-likeness (QED) is 0.256. The van der Waals surface area contributed by atoms with Gasteiger partial charge in [-0.1, -0.05) is 18.2 Å². The molecule has 1 aromatic heterocycles. The Balaban J connectivity index is 1.67. The highest BCUT2D eigenvalue weighted by Gasteiger charge is 2.15. The highest BCUT2D eigenvalue weighted by atomic mass is 127. The van der Waals surface area contributed by atoms with E-state index >= 15 is 0 Å². The Morgan fingerprint density at radius 3 is 2.63 bits per heavy atom. The minimum atomic E-state index is -0.500. The number of benzene rings is 2. The molecule has 3 aromatic rings. The lowest BCUT2D eigenvalue weighted by molar-refractivity contribution is -0.385. The average molecular weight is 474 g/mol. The Morgan fingerprint density at radius 1 is 1.15 bits per heavy atom. The van der Waals surface area contributed by atoms with Crippen molar-refractivity contribution in [1.29, 1.82) is 0 Å². The number of hydrogen-bond donors (Lipinski definition) is 1. The molecule has 0 atom stereocenters. The normalized spacial score (nSPS) is 10.9. The van der Waals surface area contributed by atoms with Crippen LogP contribution >= 0.6 is 22.6 Å². The smallest absolute Gasteiger partial charge is 0.273 e. The van der Waals surface area contributed by atoms with Gasteiger partial charge >= 0.3 is 0 Å². The number of amides is 1. The maximum absolute atomic E-state index is 12.1. The molecule has 7 nitrogen and oxygen atoms in total. The summed E-state index contributed by atoms with van der Waals surface area (Å²) in [7, 11) is 0. The van der Waals surface area contributed by atoms with Gasteiger partial charge in [-0.05, 0) is 59.0 Å². The van der Waals surface area contributed by atoms with E-state index in [2.05, 4.69) is 33.1 Å². The molecule has 0 saturated heterocycles. The third-order valence-electron chi connectivity index (χ3n) is 3.81. The molecule has 136 valence electrons. The number of nitro groups is 1. The van der Waals surface area contributed by atoms with E-state index in [0.29, 0.717) is 5.56 Å². The number of aromatic nitrogens is 1. The van der Waals surface area contributed by atoms with Crippen LogP contribution in [0.3, 0.4) is 0 Å². The molecule has 0 unspecified atom stereocenters. The molecular weight excluding hydrogens is 459 g/mol. The van der Waals surface area contributed by atoms with Crippen molar-refractivity contribution in [3.8, 4) is 5.69 Å². The molecule has 27 heavy (non-hydrogen) atoms. The van der Waals surface area contributed by atoms with E-state index < -0.39 is 10.8 Å². The second kappa shape index (κ2) is 8.58. The number of carbonyl (C=O) groups is 1. The summed E-state index contributed by atoms with van der Waals surface area (Å²) in [5.41, 5.74) is 4.46. The fourth-order valence-corrected chi connectivity index (χ4v) is 2.92. The first-order valence-electron chi connectivity index (χ1n) is 8.02. The van der Waals surface area contributed by atoms with E-state index in [-0.39, 0.29) is 12.1 Å². The second-order valence-corrected chi connectivity index (χ2v) is 6.88. The Bertz CT molecular complexity index is 996. The molecular formula is C19H15IN4O3. The molecule has 1 heterocycles. The van der Waals surface area contributed by atoms with Gasteiger partial charge in [-0.2, -0.15) is 5.10 Å². The van der Waals surface area contributed by atoms with Gasteiger partial charge < -0.3 is 4.57 Å². The van der Waals surface area contributed by atoms with Crippen molar-refractivity contribution in [1.82, 2.24) is 9.99 Å².